The molecule has 1 N–H and O–H groups in total. The molecule has 0 spiro atoms. The number of hydrogen-bond donors (Lipinski definition) is 1. The predicted molar refractivity (Wildman–Crippen MR) is 69.9 cm³/mol. The van der Waals surface area contributed by atoms with Crippen molar-refractivity contribution < 1.29 is 8.42 Å². The van der Waals surface area contributed by atoms with Gasteiger partial charge < -0.3 is 5.32 Å². The molecule has 0 aromatic carbocycles. The second kappa shape index (κ2) is 4.86. The third-order valence-corrected chi connectivity index (χ3v) is 6.26. The van der Waals surface area contributed by atoms with Gasteiger partial charge in [0, 0.05) is 24.7 Å². The van der Waals surface area contributed by atoms with E-state index >= 15 is 0 Å². The Morgan fingerprint density at radius 3 is 2.47 bits per heavy atom. The standard InChI is InChI=1S/C12H24N2O2S/c1-12(13-2)5-7-14(8-6-12)11-4-3-9-17(15,16)10-11/h11,13H,3-10H2,1-2H3. The van der Waals surface area contributed by atoms with Crippen LogP contribution < -0.4 is 5.32 Å². The van der Waals surface area contributed by atoms with Gasteiger partial charge in [0.1, 0.15) is 0 Å². The van der Waals surface area contributed by atoms with E-state index in [0.29, 0.717) is 11.5 Å². The molecule has 5 heteroatoms. The molecule has 1 unspecified atom stereocenters. The van der Waals surface area contributed by atoms with Gasteiger partial charge in [0.2, 0.25) is 0 Å². The number of likely N-dealkylation sites (tertiary alicyclic amines) is 1. The first-order valence-corrected chi connectivity index (χ1v) is 8.40. The summed E-state index contributed by atoms with van der Waals surface area (Å²) in [6.45, 7) is 4.30. The third kappa shape index (κ3) is 3.20. The normalized spacial score (nSPS) is 33.4. The lowest BCUT2D eigenvalue weighted by atomic mass is 9.89. The van der Waals surface area contributed by atoms with Crippen LogP contribution in [0.15, 0.2) is 0 Å². The van der Waals surface area contributed by atoms with Gasteiger partial charge in [0.05, 0.1) is 11.5 Å². The largest absolute Gasteiger partial charge is 0.314 e. The Balaban J connectivity index is 1.93. The molecule has 0 saturated carbocycles. The molecule has 2 aliphatic heterocycles. The van der Waals surface area contributed by atoms with Crippen molar-refractivity contribution in [3.8, 4) is 0 Å². The first-order valence-electron chi connectivity index (χ1n) is 6.57. The van der Waals surface area contributed by atoms with Crippen molar-refractivity contribution in [3.63, 3.8) is 0 Å². The van der Waals surface area contributed by atoms with Crippen LogP contribution in [-0.4, -0.2) is 56.5 Å². The van der Waals surface area contributed by atoms with Gasteiger partial charge in [0.15, 0.2) is 9.84 Å². The fourth-order valence-corrected chi connectivity index (χ4v) is 4.66. The van der Waals surface area contributed by atoms with Gasteiger partial charge in [-0.3, -0.25) is 4.90 Å². The van der Waals surface area contributed by atoms with Crippen molar-refractivity contribution in [2.45, 2.75) is 44.2 Å². The molecule has 2 fully saturated rings. The van der Waals surface area contributed by atoms with Crippen molar-refractivity contribution >= 4 is 9.84 Å². The van der Waals surface area contributed by atoms with Gasteiger partial charge in [0.25, 0.3) is 0 Å². The van der Waals surface area contributed by atoms with Crippen LogP contribution in [0.2, 0.25) is 0 Å². The summed E-state index contributed by atoms with van der Waals surface area (Å²) in [7, 11) is -0.758. The van der Waals surface area contributed by atoms with Crippen LogP contribution in [0.25, 0.3) is 0 Å². The van der Waals surface area contributed by atoms with Gasteiger partial charge in [-0.1, -0.05) is 0 Å². The molecule has 0 aliphatic carbocycles. The smallest absolute Gasteiger partial charge is 0.151 e. The Morgan fingerprint density at radius 1 is 1.29 bits per heavy atom. The van der Waals surface area contributed by atoms with Crippen LogP contribution in [0, 0.1) is 0 Å². The maximum Gasteiger partial charge on any atom is 0.151 e. The van der Waals surface area contributed by atoms with Gasteiger partial charge in [-0.2, -0.15) is 0 Å². The van der Waals surface area contributed by atoms with E-state index in [1.165, 1.54) is 0 Å². The van der Waals surface area contributed by atoms with E-state index in [9.17, 15) is 8.42 Å². The fraction of sp³-hybridized carbons (Fsp3) is 1.00. The quantitative estimate of drug-likeness (QED) is 0.791. The van der Waals surface area contributed by atoms with Crippen LogP contribution in [0.5, 0.6) is 0 Å². The number of piperidine rings is 1. The number of rotatable bonds is 2. The summed E-state index contributed by atoms with van der Waals surface area (Å²) in [5.74, 6) is 0.773. The highest BCUT2D eigenvalue weighted by atomic mass is 32.2. The average Bonchev–Trinajstić information content (AvgIpc) is 2.29. The lowest BCUT2D eigenvalue weighted by Crippen LogP contribution is -2.54. The van der Waals surface area contributed by atoms with Crippen molar-refractivity contribution in [2.24, 2.45) is 0 Å². The SMILES string of the molecule is CNC1(C)CCN(C2CCCS(=O)(=O)C2)CC1. The fourth-order valence-electron chi connectivity index (χ4n) is 2.92. The molecule has 4 nitrogen and oxygen atoms in total. The summed E-state index contributed by atoms with van der Waals surface area (Å²) < 4.78 is 23.3. The Morgan fingerprint density at radius 2 is 1.94 bits per heavy atom. The zero-order valence-electron chi connectivity index (χ0n) is 10.9. The molecule has 100 valence electrons. The summed E-state index contributed by atoms with van der Waals surface area (Å²) in [6, 6.07) is 0.273. The molecular formula is C12H24N2O2S. The van der Waals surface area contributed by atoms with E-state index in [4.69, 9.17) is 0 Å². The summed E-state index contributed by atoms with van der Waals surface area (Å²) in [4.78, 5) is 2.38. The minimum absolute atomic E-state index is 0.240. The van der Waals surface area contributed by atoms with E-state index in [0.717, 1.165) is 38.8 Å². The Kier molecular flexibility index (Phi) is 3.80. The molecule has 0 aromatic rings. The predicted octanol–water partition coefficient (Wildman–Crippen LogP) is 0.638. The van der Waals surface area contributed by atoms with Crippen LogP contribution >= 0.6 is 0 Å². The summed E-state index contributed by atoms with van der Waals surface area (Å²) in [5, 5.41) is 3.38. The van der Waals surface area contributed by atoms with Crippen molar-refractivity contribution in [2.75, 3.05) is 31.6 Å². The molecule has 0 amide bonds. The first-order chi connectivity index (χ1) is 7.94. The Bertz CT molecular complexity index is 359. The van der Waals surface area contributed by atoms with E-state index in [1.54, 1.807) is 0 Å². The second-order valence-corrected chi connectivity index (χ2v) is 7.99. The molecule has 1 atom stereocenters. The molecular weight excluding hydrogens is 236 g/mol. The maximum atomic E-state index is 11.6. The zero-order valence-corrected chi connectivity index (χ0v) is 11.7. The van der Waals surface area contributed by atoms with Gasteiger partial charge in [-0.25, -0.2) is 8.42 Å². The highest BCUT2D eigenvalue weighted by molar-refractivity contribution is 7.91. The monoisotopic (exact) mass is 260 g/mol. The molecule has 17 heavy (non-hydrogen) atoms. The summed E-state index contributed by atoms with van der Waals surface area (Å²) in [5.41, 5.74) is 0.240. The maximum absolute atomic E-state index is 11.6. The van der Waals surface area contributed by atoms with Crippen LogP contribution in [-0.2, 0) is 9.84 Å². The molecule has 0 bridgehead atoms. The van der Waals surface area contributed by atoms with Crippen molar-refractivity contribution in [3.05, 3.63) is 0 Å². The minimum Gasteiger partial charge on any atom is -0.314 e. The van der Waals surface area contributed by atoms with Gasteiger partial charge in [-0.15, -0.1) is 0 Å². The average molecular weight is 260 g/mol. The van der Waals surface area contributed by atoms with Gasteiger partial charge in [-0.05, 0) is 39.7 Å². The first kappa shape index (κ1) is 13.3. The number of hydrogen-bond acceptors (Lipinski definition) is 4. The minimum atomic E-state index is -2.77. The molecule has 0 radical (unpaired) electrons. The van der Waals surface area contributed by atoms with Crippen molar-refractivity contribution in [1.82, 2.24) is 10.2 Å². The molecule has 2 heterocycles. The van der Waals surface area contributed by atoms with E-state index in [2.05, 4.69) is 17.1 Å². The van der Waals surface area contributed by atoms with E-state index < -0.39 is 9.84 Å². The van der Waals surface area contributed by atoms with E-state index in [1.807, 2.05) is 7.05 Å². The van der Waals surface area contributed by atoms with Crippen molar-refractivity contribution in [1.29, 1.82) is 0 Å². The van der Waals surface area contributed by atoms with Gasteiger partial charge >= 0.3 is 0 Å². The second-order valence-electron chi connectivity index (χ2n) is 5.76. The molecule has 0 aromatic heterocycles. The van der Waals surface area contributed by atoms with E-state index in [-0.39, 0.29) is 11.6 Å². The third-order valence-electron chi connectivity index (χ3n) is 4.46. The molecule has 2 saturated heterocycles. The highest BCUT2D eigenvalue weighted by Crippen LogP contribution is 2.26. The number of nitrogens with one attached hydrogen (secondary N) is 1. The molecule has 2 rings (SSSR count). The number of sulfone groups is 1. The lowest BCUT2D eigenvalue weighted by molar-refractivity contribution is 0.112. The Hall–Kier alpha value is -0.130. The number of nitrogens with zero attached hydrogens (tertiary/aromatic N) is 1. The van der Waals surface area contributed by atoms with Crippen LogP contribution in [0.4, 0.5) is 0 Å². The van der Waals surface area contributed by atoms with Crippen LogP contribution in [0.3, 0.4) is 0 Å². The van der Waals surface area contributed by atoms with Crippen LogP contribution in [0.1, 0.15) is 32.6 Å². The Labute approximate surface area is 105 Å². The molecule has 2 aliphatic rings. The zero-order chi connectivity index (χ0) is 12.5. The summed E-state index contributed by atoms with van der Waals surface area (Å²) >= 11 is 0. The highest BCUT2D eigenvalue weighted by Gasteiger charge is 2.34. The summed E-state index contributed by atoms with van der Waals surface area (Å²) in [6.07, 6.45) is 4.11. The topological polar surface area (TPSA) is 49.4 Å². The lowest BCUT2D eigenvalue weighted by Gasteiger charge is -2.43.